The molecule has 1 atom stereocenters. The third-order valence-corrected chi connectivity index (χ3v) is 9.37. The predicted molar refractivity (Wildman–Crippen MR) is 178 cm³/mol. The van der Waals surface area contributed by atoms with Gasteiger partial charge in [-0.3, -0.25) is 9.59 Å². The van der Waals surface area contributed by atoms with Crippen LogP contribution in [0.1, 0.15) is 61.4 Å². The summed E-state index contributed by atoms with van der Waals surface area (Å²) in [5.41, 5.74) is 6.82. The van der Waals surface area contributed by atoms with E-state index in [1.165, 1.54) is 7.11 Å². The molecule has 1 unspecified atom stereocenters. The van der Waals surface area contributed by atoms with Crippen LogP contribution < -0.4 is 5.73 Å². The lowest BCUT2D eigenvalue weighted by Gasteiger charge is -2.47. The van der Waals surface area contributed by atoms with Crippen LogP contribution in [0, 0.1) is 0 Å². The second kappa shape index (κ2) is 15.3. The van der Waals surface area contributed by atoms with E-state index in [1.807, 2.05) is 23.1 Å². The van der Waals surface area contributed by atoms with Crippen molar-refractivity contribution < 1.29 is 19.2 Å². The lowest BCUT2D eigenvalue weighted by Crippen LogP contribution is -2.64. The zero-order chi connectivity index (χ0) is 32.7. The first-order valence-corrected chi connectivity index (χ1v) is 16.1. The average Bonchev–Trinajstić information content (AvgIpc) is 3.01. The van der Waals surface area contributed by atoms with E-state index in [2.05, 4.69) is 22.2 Å². The molecule has 0 bridgehead atoms. The maximum Gasteiger partial charge on any atom is 0.321 e. The highest BCUT2D eigenvalue weighted by atomic mass is 35.5. The number of hydrogen-bond acceptors (Lipinski definition) is 6. The van der Waals surface area contributed by atoms with Gasteiger partial charge in [0.05, 0.1) is 12.3 Å². The van der Waals surface area contributed by atoms with Crippen molar-refractivity contribution in [1.29, 1.82) is 0 Å². The largest absolute Gasteiger partial charge is 0.399 e. The van der Waals surface area contributed by atoms with Gasteiger partial charge in [0, 0.05) is 60.8 Å². The Bertz CT molecular complexity index is 1360. The molecule has 2 fully saturated rings. The molecular weight excluding hydrogens is 615 g/mol. The van der Waals surface area contributed by atoms with Crippen molar-refractivity contribution in [1.82, 2.24) is 19.6 Å². The smallest absolute Gasteiger partial charge is 0.321 e. The van der Waals surface area contributed by atoms with Crippen LogP contribution in [0.25, 0.3) is 0 Å². The van der Waals surface area contributed by atoms with E-state index in [-0.39, 0.29) is 30.4 Å². The Morgan fingerprint density at radius 1 is 1.07 bits per heavy atom. The van der Waals surface area contributed by atoms with Gasteiger partial charge in [-0.2, -0.15) is 0 Å². The zero-order valence-corrected chi connectivity index (χ0v) is 28.1. The van der Waals surface area contributed by atoms with Crippen molar-refractivity contribution in [3.63, 3.8) is 0 Å². The molecule has 2 aromatic carbocycles. The van der Waals surface area contributed by atoms with Crippen molar-refractivity contribution in [2.75, 3.05) is 53.4 Å². The minimum atomic E-state index is -1.02. The van der Waals surface area contributed by atoms with Crippen molar-refractivity contribution in [3.05, 3.63) is 69.7 Å². The van der Waals surface area contributed by atoms with Crippen molar-refractivity contribution in [3.8, 4) is 0 Å². The fourth-order valence-electron chi connectivity index (χ4n) is 6.25. The number of oxime groups is 1. The van der Waals surface area contributed by atoms with Crippen molar-refractivity contribution in [2.24, 2.45) is 10.9 Å². The number of rotatable bonds is 12. The van der Waals surface area contributed by atoms with Gasteiger partial charge in [-0.25, -0.2) is 4.79 Å². The molecular formula is C33H44Cl2N6O4. The van der Waals surface area contributed by atoms with Crippen LogP contribution in [-0.4, -0.2) is 108 Å². The van der Waals surface area contributed by atoms with Crippen molar-refractivity contribution >= 4 is 46.8 Å². The lowest BCUT2D eigenvalue weighted by molar-refractivity contribution is -0.127. The van der Waals surface area contributed by atoms with E-state index >= 15 is 0 Å². The summed E-state index contributed by atoms with van der Waals surface area (Å²) >= 11 is 12.3. The monoisotopic (exact) mass is 658 g/mol. The van der Waals surface area contributed by atoms with Crippen LogP contribution in [0.5, 0.6) is 0 Å². The summed E-state index contributed by atoms with van der Waals surface area (Å²) in [6, 6.07) is 14.9. The maximum atomic E-state index is 13.4. The standard InChI is InChI=1S/C33H44Cl2N6O4/c1-33(2,31(36)43)41-15-8-14-40(32(41)44)27-11-16-39(17-12-27)18-13-28(23-9-6-5-7-10-23)29(37-45-4)22-38(3)30(42)24-19-25(34)21-26(35)20-24/h5-7,9-10,19-21,27-28H,8,11-18,22H2,1-4H3,(H2,36,43)/b37-29+. The van der Waals surface area contributed by atoms with Crippen LogP contribution in [0.4, 0.5) is 4.79 Å². The Hall–Kier alpha value is -3.34. The SMILES string of the molecule is CO/N=C(\CN(C)C(=O)c1cc(Cl)cc(Cl)c1)C(CCN1CCC(N2CCCN(C(C)(C)C(N)=O)C2=O)CC1)c1ccccc1. The van der Waals surface area contributed by atoms with Gasteiger partial charge >= 0.3 is 6.03 Å². The summed E-state index contributed by atoms with van der Waals surface area (Å²) in [5.74, 6) is -0.807. The number of carbonyl (C=O) groups excluding carboxylic acids is 3. The van der Waals surface area contributed by atoms with E-state index in [1.54, 1.807) is 48.9 Å². The molecule has 2 saturated heterocycles. The van der Waals surface area contributed by atoms with Gasteiger partial charge in [0.15, 0.2) is 0 Å². The number of primary amides is 1. The van der Waals surface area contributed by atoms with Gasteiger partial charge in [0.25, 0.3) is 5.91 Å². The second-order valence-corrected chi connectivity index (χ2v) is 13.2. The summed E-state index contributed by atoms with van der Waals surface area (Å²) in [5, 5.41) is 5.20. The number of hydrogen-bond donors (Lipinski definition) is 1. The van der Waals surface area contributed by atoms with Crippen LogP contribution in [0.3, 0.4) is 0 Å². The number of urea groups is 1. The summed E-state index contributed by atoms with van der Waals surface area (Å²) in [4.78, 5) is 51.6. The molecule has 4 amide bonds. The predicted octanol–water partition coefficient (Wildman–Crippen LogP) is 5.10. The number of carbonyl (C=O) groups is 3. The molecule has 0 aromatic heterocycles. The third-order valence-electron chi connectivity index (χ3n) is 8.94. The summed E-state index contributed by atoms with van der Waals surface area (Å²) < 4.78 is 0. The Balaban J connectivity index is 1.41. The molecule has 2 aliphatic heterocycles. The molecule has 0 radical (unpaired) electrons. The van der Waals surface area contributed by atoms with Crippen molar-refractivity contribution in [2.45, 2.75) is 57.0 Å². The maximum absolute atomic E-state index is 13.4. The quantitative estimate of drug-likeness (QED) is 0.252. The number of nitrogens with zero attached hydrogens (tertiary/aromatic N) is 5. The van der Waals surface area contributed by atoms with Crippen LogP contribution >= 0.6 is 23.2 Å². The topological polar surface area (TPSA) is 112 Å². The molecule has 12 heteroatoms. The number of nitrogens with two attached hydrogens (primary N) is 1. The summed E-state index contributed by atoms with van der Waals surface area (Å²) in [6.45, 7) is 7.41. The number of halogens is 2. The van der Waals surface area contributed by atoms with Crippen LogP contribution in [0.2, 0.25) is 10.0 Å². The first-order valence-electron chi connectivity index (χ1n) is 15.4. The Morgan fingerprint density at radius 3 is 2.31 bits per heavy atom. The Kier molecular flexibility index (Phi) is 11.7. The van der Waals surface area contributed by atoms with Crippen LogP contribution in [0.15, 0.2) is 53.7 Å². The Morgan fingerprint density at radius 2 is 1.71 bits per heavy atom. The molecule has 244 valence electrons. The molecule has 2 N–H and O–H groups in total. The highest BCUT2D eigenvalue weighted by Gasteiger charge is 2.42. The first-order chi connectivity index (χ1) is 21.4. The van der Waals surface area contributed by atoms with E-state index < -0.39 is 11.4 Å². The summed E-state index contributed by atoms with van der Waals surface area (Å²) in [7, 11) is 3.24. The molecule has 2 heterocycles. The number of likely N-dealkylation sites (tertiary alicyclic amines) is 1. The third kappa shape index (κ3) is 8.48. The minimum absolute atomic E-state index is 0.0877. The van der Waals surface area contributed by atoms with Gasteiger partial charge in [0.2, 0.25) is 5.91 Å². The van der Waals surface area contributed by atoms with Gasteiger partial charge in [-0.1, -0.05) is 58.7 Å². The normalized spacial score (nSPS) is 17.7. The van der Waals surface area contributed by atoms with Gasteiger partial charge in [-0.15, -0.1) is 0 Å². The van der Waals surface area contributed by atoms with E-state index in [0.29, 0.717) is 28.7 Å². The molecule has 0 spiro atoms. The lowest BCUT2D eigenvalue weighted by atomic mass is 9.89. The molecule has 0 aliphatic carbocycles. The van der Waals surface area contributed by atoms with E-state index in [0.717, 1.165) is 56.6 Å². The Labute approximate surface area is 276 Å². The molecule has 2 aromatic rings. The van der Waals surface area contributed by atoms with Gasteiger partial charge < -0.3 is 30.2 Å². The van der Waals surface area contributed by atoms with Crippen LogP contribution in [-0.2, 0) is 9.63 Å². The minimum Gasteiger partial charge on any atom is -0.399 e. The fourth-order valence-corrected chi connectivity index (χ4v) is 6.77. The highest BCUT2D eigenvalue weighted by molar-refractivity contribution is 6.35. The molecule has 10 nitrogen and oxygen atoms in total. The number of benzene rings is 2. The van der Waals surface area contributed by atoms with Gasteiger partial charge in [0.1, 0.15) is 12.6 Å². The number of amides is 4. The van der Waals surface area contributed by atoms with E-state index in [4.69, 9.17) is 33.8 Å². The fraction of sp³-hybridized carbons (Fsp3) is 0.515. The first kappa shape index (κ1) is 34.5. The summed E-state index contributed by atoms with van der Waals surface area (Å²) in [6.07, 6.45) is 3.28. The van der Waals surface area contributed by atoms with E-state index in [9.17, 15) is 14.4 Å². The average molecular weight is 660 g/mol. The molecule has 4 rings (SSSR count). The number of piperidine rings is 1. The molecule has 0 saturated carbocycles. The van der Waals surface area contributed by atoms with Gasteiger partial charge in [-0.05, 0) is 69.8 Å². The highest BCUT2D eigenvalue weighted by Crippen LogP contribution is 2.28. The molecule has 45 heavy (non-hydrogen) atoms. The molecule has 2 aliphatic rings. The zero-order valence-electron chi connectivity index (χ0n) is 26.5. The second-order valence-electron chi connectivity index (χ2n) is 12.3.